The molecule has 0 spiro atoms. The lowest BCUT2D eigenvalue weighted by Gasteiger charge is -2.20. The molecule has 0 saturated heterocycles. The third kappa shape index (κ3) is 5.53. The second kappa shape index (κ2) is 11.2. The number of nitrogens with one attached hydrogen (secondary N) is 1. The number of nitrogens with zero attached hydrogens (tertiary/aromatic N) is 2. The quantitative estimate of drug-likeness (QED) is 0.114. The maximum Gasteiger partial charge on any atom is 0.283 e. The van der Waals surface area contributed by atoms with E-state index in [0.29, 0.717) is 22.4 Å². The van der Waals surface area contributed by atoms with E-state index in [1.807, 2.05) is 30.3 Å². The Morgan fingerprint density at radius 1 is 1.05 bits per heavy atom. The molecule has 0 saturated carbocycles. The summed E-state index contributed by atoms with van der Waals surface area (Å²) >= 11 is 7.39. The Hall–Kier alpha value is -3.76. The number of anilines is 2. The zero-order valence-corrected chi connectivity index (χ0v) is 21.9. The van der Waals surface area contributed by atoms with Crippen LogP contribution in [0.5, 0.6) is 5.75 Å². The molecule has 1 N–H and O–H groups in total. The Kier molecular flexibility index (Phi) is 7.67. The number of ketones is 1. The van der Waals surface area contributed by atoms with E-state index in [4.69, 9.17) is 16.3 Å². The van der Waals surface area contributed by atoms with Gasteiger partial charge in [0.1, 0.15) is 17.1 Å². The van der Waals surface area contributed by atoms with E-state index in [-0.39, 0.29) is 12.3 Å². The predicted molar refractivity (Wildman–Crippen MR) is 143 cm³/mol. The molecule has 0 bridgehead atoms. The number of methoxy groups -OCH3 is 1. The molecule has 1 aliphatic heterocycles. The molecule has 0 aliphatic carbocycles. The van der Waals surface area contributed by atoms with Gasteiger partial charge in [-0.15, -0.1) is 0 Å². The van der Waals surface area contributed by atoms with Crippen LogP contribution in [0.25, 0.3) is 6.08 Å². The molecule has 0 atom stereocenters. The fourth-order valence-corrected chi connectivity index (χ4v) is 5.46. The highest BCUT2D eigenvalue weighted by atomic mass is 35.5. The van der Waals surface area contributed by atoms with Crippen molar-refractivity contribution in [3.8, 4) is 5.75 Å². The van der Waals surface area contributed by atoms with Crippen molar-refractivity contribution in [2.75, 3.05) is 12.4 Å². The van der Waals surface area contributed by atoms with Crippen molar-refractivity contribution >= 4 is 46.6 Å². The molecular formula is C28H20ClF4N3O2S. The van der Waals surface area contributed by atoms with Gasteiger partial charge < -0.3 is 10.1 Å². The predicted octanol–water partition coefficient (Wildman–Crippen LogP) is 8.57. The summed E-state index contributed by atoms with van der Waals surface area (Å²) in [5, 5.41) is 6.20. The van der Waals surface area contributed by atoms with Gasteiger partial charge in [-0.2, -0.15) is 5.10 Å². The van der Waals surface area contributed by atoms with Crippen LogP contribution in [-0.2, 0) is 6.54 Å². The number of para-hydroxylation sites is 1. The Bertz CT molecular complexity index is 1590. The molecule has 1 aromatic heterocycles. The average Bonchev–Trinajstić information content (AvgIpc) is 3.26. The SMILES string of the molecule is COc1ccc(/C=C/C(=O)c2ccc3c(c2)Nc2ccccc2S3)cc1Cn1nc(C(F)F)c(Cl)c1C(F)F. The summed E-state index contributed by atoms with van der Waals surface area (Å²) in [5.74, 6) is 0.101. The molecule has 0 unspecified atom stereocenters. The van der Waals surface area contributed by atoms with Gasteiger partial charge in [0.25, 0.3) is 12.9 Å². The topological polar surface area (TPSA) is 56.1 Å². The molecular weight excluding hydrogens is 554 g/mol. The summed E-state index contributed by atoms with van der Waals surface area (Å²) in [6, 6.07) is 18.2. The number of carbonyl (C=O) groups is 1. The van der Waals surface area contributed by atoms with Gasteiger partial charge in [0.05, 0.1) is 30.1 Å². The summed E-state index contributed by atoms with van der Waals surface area (Å²) in [6.45, 7) is -0.291. The highest BCUT2D eigenvalue weighted by molar-refractivity contribution is 7.99. The Morgan fingerprint density at radius 2 is 1.82 bits per heavy atom. The van der Waals surface area contributed by atoms with Crippen LogP contribution < -0.4 is 10.1 Å². The van der Waals surface area contributed by atoms with Gasteiger partial charge in [0, 0.05) is 20.9 Å². The lowest BCUT2D eigenvalue weighted by Crippen LogP contribution is -2.08. The number of hydrogen-bond acceptors (Lipinski definition) is 5. The molecule has 11 heteroatoms. The maximum atomic E-state index is 13.6. The Morgan fingerprint density at radius 3 is 2.56 bits per heavy atom. The number of benzene rings is 3. The van der Waals surface area contributed by atoms with E-state index < -0.39 is 29.3 Å². The largest absolute Gasteiger partial charge is 0.496 e. The highest BCUT2D eigenvalue weighted by Crippen LogP contribution is 2.44. The van der Waals surface area contributed by atoms with Crippen LogP contribution in [0.2, 0.25) is 5.02 Å². The van der Waals surface area contributed by atoms with Crippen molar-refractivity contribution in [1.82, 2.24) is 9.78 Å². The minimum Gasteiger partial charge on any atom is -0.496 e. The van der Waals surface area contributed by atoms with Crippen molar-refractivity contribution in [2.45, 2.75) is 29.2 Å². The van der Waals surface area contributed by atoms with Gasteiger partial charge in [0.15, 0.2) is 5.78 Å². The van der Waals surface area contributed by atoms with E-state index in [1.54, 1.807) is 48.2 Å². The number of hydrogen-bond donors (Lipinski definition) is 1. The van der Waals surface area contributed by atoms with E-state index in [2.05, 4.69) is 10.4 Å². The molecule has 4 aromatic rings. The molecule has 39 heavy (non-hydrogen) atoms. The second-order valence-electron chi connectivity index (χ2n) is 8.55. The first-order valence-electron chi connectivity index (χ1n) is 11.6. The van der Waals surface area contributed by atoms with Crippen LogP contribution in [0.3, 0.4) is 0 Å². The Labute approximate surface area is 230 Å². The number of aromatic nitrogens is 2. The van der Waals surface area contributed by atoms with Crippen LogP contribution >= 0.6 is 23.4 Å². The summed E-state index contributed by atoms with van der Waals surface area (Å²) in [5.41, 5.74) is 1.54. The van der Waals surface area contributed by atoms with Gasteiger partial charge in [-0.05, 0) is 54.1 Å². The van der Waals surface area contributed by atoms with E-state index in [0.717, 1.165) is 25.8 Å². The van der Waals surface area contributed by atoms with Crippen LogP contribution in [0, 0.1) is 0 Å². The van der Waals surface area contributed by atoms with Crippen molar-refractivity contribution in [3.63, 3.8) is 0 Å². The van der Waals surface area contributed by atoms with Gasteiger partial charge in [0.2, 0.25) is 0 Å². The first-order valence-corrected chi connectivity index (χ1v) is 12.8. The van der Waals surface area contributed by atoms with Gasteiger partial charge in [-0.3, -0.25) is 9.48 Å². The maximum absolute atomic E-state index is 13.6. The number of alkyl halides is 4. The van der Waals surface area contributed by atoms with Gasteiger partial charge in [-0.1, -0.05) is 47.6 Å². The minimum absolute atomic E-state index is 0.235. The monoisotopic (exact) mass is 573 g/mol. The van der Waals surface area contributed by atoms with E-state index in [9.17, 15) is 22.4 Å². The van der Waals surface area contributed by atoms with Gasteiger partial charge >= 0.3 is 0 Å². The van der Waals surface area contributed by atoms with E-state index in [1.165, 1.54) is 13.2 Å². The number of ether oxygens (including phenoxy) is 1. The van der Waals surface area contributed by atoms with Crippen molar-refractivity contribution in [2.24, 2.45) is 0 Å². The number of carbonyl (C=O) groups excluding carboxylic acids is 1. The second-order valence-corrected chi connectivity index (χ2v) is 10.0. The summed E-state index contributed by atoms with van der Waals surface area (Å²) in [7, 11) is 1.40. The molecule has 0 fully saturated rings. The number of halogens is 5. The first kappa shape index (κ1) is 26.8. The molecule has 5 nitrogen and oxygen atoms in total. The number of rotatable bonds is 8. The van der Waals surface area contributed by atoms with Crippen LogP contribution in [0.15, 0.2) is 76.5 Å². The zero-order valence-electron chi connectivity index (χ0n) is 20.3. The van der Waals surface area contributed by atoms with Crippen LogP contribution in [0.4, 0.5) is 28.9 Å². The average molecular weight is 574 g/mol. The summed E-state index contributed by atoms with van der Waals surface area (Å²) < 4.78 is 59.7. The zero-order chi connectivity index (χ0) is 27.7. The number of allylic oxidation sites excluding steroid dienone is 1. The van der Waals surface area contributed by atoms with Crippen LogP contribution in [-0.4, -0.2) is 22.7 Å². The Balaban J connectivity index is 1.38. The molecule has 2 heterocycles. The molecule has 0 amide bonds. The minimum atomic E-state index is -3.11. The van der Waals surface area contributed by atoms with Crippen molar-refractivity contribution in [3.05, 3.63) is 99.8 Å². The number of fused-ring (bicyclic) bond motifs is 2. The molecule has 0 radical (unpaired) electrons. The molecule has 200 valence electrons. The van der Waals surface area contributed by atoms with E-state index >= 15 is 0 Å². The fraction of sp³-hybridized carbons (Fsp3) is 0.143. The molecule has 3 aromatic carbocycles. The van der Waals surface area contributed by atoms with Crippen molar-refractivity contribution < 1.29 is 27.1 Å². The third-order valence-corrected chi connectivity index (χ3v) is 7.60. The summed E-state index contributed by atoms with van der Waals surface area (Å²) in [4.78, 5) is 15.0. The first-order chi connectivity index (χ1) is 18.7. The normalized spacial score (nSPS) is 12.5. The third-order valence-electron chi connectivity index (χ3n) is 6.06. The summed E-state index contributed by atoms with van der Waals surface area (Å²) in [6.07, 6.45) is -3.23. The van der Waals surface area contributed by atoms with Crippen molar-refractivity contribution in [1.29, 1.82) is 0 Å². The lowest BCUT2D eigenvalue weighted by atomic mass is 10.1. The van der Waals surface area contributed by atoms with Gasteiger partial charge in [-0.25, -0.2) is 17.6 Å². The highest BCUT2D eigenvalue weighted by Gasteiger charge is 2.28. The standard InChI is InChI=1S/C28H20ClF4N3O2S/c1-38-21-10-7-15(12-17(21)14-36-26(28(32)33)24(29)25(35-36)27(30)31)6-9-20(37)16-8-11-23-19(13-16)34-18-4-2-3-5-22(18)39-23/h2-13,27-28,34H,14H2,1H3/b9-6+. The smallest absolute Gasteiger partial charge is 0.283 e. The fourth-order valence-electron chi connectivity index (χ4n) is 4.19. The molecule has 5 rings (SSSR count). The lowest BCUT2D eigenvalue weighted by molar-refractivity contribution is 0.104. The molecule has 1 aliphatic rings. The van der Waals surface area contributed by atoms with Crippen LogP contribution in [0.1, 0.15) is 45.7 Å².